The van der Waals surface area contributed by atoms with E-state index in [0.29, 0.717) is 12.8 Å². The molecular weight excluding hydrogens is 861 g/mol. The number of allylic oxidation sites excluding steroid dienone is 20. The summed E-state index contributed by atoms with van der Waals surface area (Å²) in [4.78, 5) is 24.5. The molecule has 0 spiro atoms. The van der Waals surface area contributed by atoms with Gasteiger partial charge in [0.2, 0.25) is 0 Å². The van der Waals surface area contributed by atoms with Gasteiger partial charge in [-0.05, 0) is 89.9 Å². The van der Waals surface area contributed by atoms with Crippen molar-refractivity contribution in [3.8, 4) is 0 Å². The Bertz CT molecular complexity index is 1420. The van der Waals surface area contributed by atoms with Crippen molar-refractivity contribution in [3.05, 3.63) is 122 Å². The molecule has 1 unspecified atom stereocenters. The average molecular weight is 970 g/mol. The minimum absolute atomic E-state index is 0.0695. The molecule has 0 aliphatic rings. The highest BCUT2D eigenvalue weighted by molar-refractivity contribution is 5.70. The second kappa shape index (κ2) is 59.6. The summed E-state index contributed by atoms with van der Waals surface area (Å²) in [5.41, 5.74) is 0. The van der Waals surface area contributed by atoms with Gasteiger partial charge in [0.15, 0.2) is 6.10 Å². The molecule has 0 aromatic carbocycles. The van der Waals surface area contributed by atoms with Gasteiger partial charge in [0.25, 0.3) is 0 Å². The van der Waals surface area contributed by atoms with E-state index < -0.39 is 6.10 Å². The molecule has 0 saturated heterocycles. The molecule has 0 rings (SSSR count). The number of unbranched alkanes of at least 4 members (excludes halogenated alkanes) is 24. The smallest absolute Gasteiger partial charge is 0.306 e. The van der Waals surface area contributed by atoms with Crippen LogP contribution in [0.2, 0.25) is 0 Å². The fourth-order valence-electron chi connectivity index (χ4n) is 7.94. The summed E-state index contributed by atoms with van der Waals surface area (Å²) >= 11 is 0. The largest absolute Gasteiger partial charge is 0.462 e. The monoisotopic (exact) mass is 969 g/mol. The van der Waals surface area contributed by atoms with Gasteiger partial charge in [0, 0.05) is 12.8 Å². The lowest BCUT2D eigenvalue weighted by Gasteiger charge is -2.15. The van der Waals surface area contributed by atoms with Crippen LogP contribution in [0.5, 0.6) is 0 Å². The standard InChI is InChI=1S/C65H108O5/c1-3-5-7-9-11-13-15-17-19-20-21-22-23-24-25-26-27-28-29-30-31-32-33-34-35-36-37-38-39-40-41-42-43-44-46-48-50-52-54-56-58-60-65(68)70-63(61-66)62-69-64(67)59-57-55-53-51-49-47-45-18-16-14-12-10-8-6-4-2/h5,7,11,13,17,19,21-22,24-25,27-28,30-31,33-34,36-37,39-40,63,66H,3-4,6,8-10,12,14-16,18,20,23,26,29,32,35,38,41-62H2,1-2H3/b7-5-,13-11-,19-17-,22-21-,25-24-,28-27-,31-30-,34-33-,37-36-,40-39-. The summed E-state index contributed by atoms with van der Waals surface area (Å²) in [5.74, 6) is -0.594. The number of carbonyl (C=O) groups is 2. The van der Waals surface area contributed by atoms with Crippen LogP contribution in [0.25, 0.3) is 0 Å². The highest BCUT2D eigenvalue weighted by Crippen LogP contribution is 2.15. The maximum absolute atomic E-state index is 12.3. The molecule has 398 valence electrons. The summed E-state index contributed by atoms with van der Waals surface area (Å²) in [5, 5.41) is 9.64. The van der Waals surface area contributed by atoms with Crippen molar-refractivity contribution in [2.45, 2.75) is 264 Å². The van der Waals surface area contributed by atoms with Crippen LogP contribution in [-0.2, 0) is 19.1 Å². The molecule has 0 aromatic rings. The minimum atomic E-state index is -0.779. The molecule has 0 fully saturated rings. The van der Waals surface area contributed by atoms with Crippen molar-refractivity contribution in [2.24, 2.45) is 0 Å². The van der Waals surface area contributed by atoms with E-state index in [2.05, 4.69) is 135 Å². The molecule has 1 atom stereocenters. The van der Waals surface area contributed by atoms with Crippen molar-refractivity contribution in [3.63, 3.8) is 0 Å². The summed E-state index contributed by atoms with van der Waals surface area (Å²) < 4.78 is 10.7. The third-order valence-corrected chi connectivity index (χ3v) is 12.3. The molecule has 5 nitrogen and oxygen atoms in total. The number of hydrogen-bond acceptors (Lipinski definition) is 5. The molecule has 1 N–H and O–H groups in total. The molecule has 0 saturated carbocycles. The summed E-state index contributed by atoms with van der Waals surface area (Å²) in [6.07, 6.45) is 87.4. The highest BCUT2D eigenvalue weighted by atomic mass is 16.6. The molecule has 0 aliphatic heterocycles. The van der Waals surface area contributed by atoms with Gasteiger partial charge in [-0.15, -0.1) is 0 Å². The Morgan fingerprint density at radius 2 is 0.614 bits per heavy atom. The lowest BCUT2D eigenvalue weighted by molar-refractivity contribution is -0.161. The van der Waals surface area contributed by atoms with E-state index >= 15 is 0 Å². The van der Waals surface area contributed by atoms with Crippen LogP contribution in [0.4, 0.5) is 0 Å². The predicted molar refractivity (Wildman–Crippen MR) is 306 cm³/mol. The number of hydrogen-bond donors (Lipinski definition) is 1. The van der Waals surface area contributed by atoms with Crippen LogP contribution in [0, 0.1) is 0 Å². The quantitative estimate of drug-likeness (QED) is 0.0374. The fraction of sp³-hybridized carbons (Fsp3) is 0.662. The van der Waals surface area contributed by atoms with Crippen LogP contribution in [-0.4, -0.2) is 36.4 Å². The van der Waals surface area contributed by atoms with Gasteiger partial charge >= 0.3 is 11.9 Å². The Balaban J connectivity index is 3.57. The van der Waals surface area contributed by atoms with Crippen molar-refractivity contribution < 1.29 is 24.2 Å². The van der Waals surface area contributed by atoms with E-state index in [-0.39, 0.29) is 25.2 Å². The first-order chi connectivity index (χ1) is 34.6. The lowest BCUT2D eigenvalue weighted by atomic mass is 10.0. The normalized spacial score (nSPS) is 13.1. The maximum Gasteiger partial charge on any atom is 0.306 e. The second-order valence-corrected chi connectivity index (χ2v) is 19.0. The van der Waals surface area contributed by atoms with E-state index in [0.717, 1.165) is 103 Å². The van der Waals surface area contributed by atoms with Crippen molar-refractivity contribution >= 4 is 11.9 Å². The average Bonchev–Trinajstić information content (AvgIpc) is 3.36. The van der Waals surface area contributed by atoms with E-state index in [4.69, 9.17) is 9.47 Å². The zero-order valence-electron chi connectivity index (χ0n) is 45.5. The van der Waals surface area contributed by atoms with Gasteiger partial charge in [-0.25, -0.2) is 0 Å². The Morgan fingerprint density at radius 1 is 0.343 bits per heavy atom. The first-order valence-corrected chi connectivity index (χ1v) is 29.1. The molecule has 0 heterocycles. The van der Waals surface area contributed by atoms with Gasteiger partial charge in [0.05, 0.1) is 6.61 Å². The second-order valence-electron chi connectivity index (χ2n) is 19.0. The number of ether oxygens (including phenoxy) is 2. The van der Waals surface area contributed by atoms with Gasteiger partial charge < -0.3 is 14.6 Å². The van der Waals surface area contributed by atoms with Gasteiger partial charge in [-0.2, -0.15) is 0 Å². The Labute approximate surface area is 433 Å². The van der Waals surface area contributed by atoms with Crippen LogP contribution < -0.4 is 0 Å². The van der Waals surface area contributed by atoms with Crippen LogP contribution in [0.1, 0.15) is 258 Å². The van der Waals surface area contributed by atoms with Crippen LogP contribution >= 0.6 is 0 Å². The van der Waals surface area contributed by atoms with E-state index in [1.807, 2.05) is 0 Å². The summed E-state index contributed by atoms with van der Waals surface area (Å²) in [6, 6.07) is 0. The van der Waals surface area contributed by atoms with Crippen molar-refractivity contribution in [2.75, 3.05) is 13.2 Å². The maximum atomic E-state index is 12.3. The molecule has 70 heavy (non-hydrogen) atoms. The third-order valence-electron chi connectivity index (χ3n) is 12.3. The highest BCUT2D eigenvalue weighted by Gasteiger charge is 2.16. The topological polar surface area (TPSA) is 72.8 Å². The van der Waals surface area contributed by atoms with E-state index in [9.17, 15) is 14.7 Å². The van der Waals surface area contributed by atoms with Crippen molar-refractivity contribution in [1.29, 1.82) is 0 Å². The zero-order chi connectivity index (χ0) is 50.6. The van der Waals surface area contributed by atoms with Crippen LogP contribution in [0.3, 0.4) is 0 Å². The Morgan fingerprint density at radius 3 is 0.929 bits per heavy atom. The fourth-order valence-corrected chi connectivity index (χ4v) is 7.94. The number of carbonyl (C=O) groups excluding carboxylic acids is 2. The predicted octanol–water partition coefficient (Wildman–Crippen LogP) is 19.9. The number of aliphatic hydroxyl groups is 1. The van der Waals surface area contributed by atoms with Crippen LogP contribution in [0.15, 0.2) is 122 Å². The minimum Gasteiger partial charge on any atom is -0.462 e. The summed E-state index contributed by atoms with van der Waals surface area (Å²) in [6.45, 7) is 4.03. The SMILES string of the molecule is CC/C=C\C/C=C\C/C=C\C/C=C\C/C=C\C/C=C\C/C=C\C/C=C\C/C=C\C/C=C\CCCCCCCCCCCCC(=O)OC(CO)COC(=O)CCCCCCCCCCCCCCCCC. The first-order valence-electron chi connectivity index (χ1n) is 29.1. The van der Waals surface area contributed by atoms with E-state index in [1.165, 1.54) is 128 Å². The van der Waals surface area contributed by atoms with E-state index in [1.54, 1.807) is 0 Å². The molecule has 0 aliphatic carbocycles. The van der Waals surface area contributed by atoms with Crippen molar-refractivity contribution in [1.82, 2.24) is 0 Å². The molecular formula is C65H108O5. The zero-order valence-corrected chi connectivity index (χ0v) is 45.5. The Kier molecular flexibility index (Phi) is 56.5. The van der Waals surface area contributed by atoms with Gasteiger partial charge in [0.1, 0.15) is 6.61 Å². The Hall–Kier alpha value is -3.70. The molecule has 0 aromatic heterocycles. The summed E-state index contributed by atoms with van der Waals surface area (Å²) in [7, 11) is 0. The third kappa shape index (κ3) is 56.9. The van der Waals surface area contributed by atoms with Gasteiger partial charge in [-0.3, -0.25) is 9.59 Å². The lowest BCUT2D eigenvalue weighted by Crippen LogP contribution is -2.28. The number of rotatable bonds is 52. The molecule has 5 heteroatoms. The number of esters is 2. The van der Waals surface area contributed by atoms with Gasteiger partial charge in [-0.1, -0.05) is 277 Å². The first kappa shape index (κ1) is 66.3. The molecule has 0 amide bonds. The molecule has 0 bridgehead atoms. The molecule has 0 radical (unpaired) electrons. The number of aliphatic hydroxyl groups excluding tert-OH is 1.